The summed E-state index contributed by atoms with van der Waals surface area (Å²) in [5, 5.41) is 3.16. The molecule has 2 aliphatic heterocycles. The van der Waals surface area contributed by atoms with Crippen LogP contribution in [0.5, 0.6) is 0 Å². The van der Waals surface area contributed by atoms with Crippen LogP contribution in [0.3, 0.4) is 0 Å². The lowest BCUT2D eigenvalue weighted by atomic mass is 10.0. The van der Waals surface area contributed by atoms with Gasteiger partial charge in [0.1, 0.15) is 0 Å². The maximum absolute atomic E-state index is 13.3. The number of fused-ring (bicyclic) bond motifs is 1. The summed E-state index contributed by atoms with van der Waals surface area (Å²) in [6.45, 7) is 8.32. The van der Waals surface area contributed by atoms with E-state index in [1.807, 2.05) is 67.3 Å². The lowest BCUT2D eigenvalue weighted by Gasteiger charge is -2.25. The SMILES string of the molecule is Cc1cccc(C)c1C(=O)N1CC2CN(CCC(NC(=O)c3ccc(S(C)(=O)=O)cc3)c3ccccc3)CC2C1. The first kappa shape index (κ1) is 28.1. The maximum atomic E-state index is 13.3. The van der Waals surface area contributed by atoms with E-state index in [9.17, 15) is 18.0 Å². The Hall–Kier alpha value is -3.49. The molecule has 2 saturated heterocycles. The van der Waals surface area contributed by atoms with E-state index in [4.69, 9.17) is 0 Å². The van der Waals surface area contributed by atoms with Crippen molar-refractivity contribution in [1.82, 2.24) is 15.1 Å². The van der Waals surface area contributed by atoms with Gasteiger partial charge in [-0.05, 0) is 73.1 Å². The molecule has 3 atom stereocenters. The van der Waals surface area contributed by atoms with E-state index in [0.29, 0.717) is 17.4 Å². The highest BCUT2D eigenvalue weighted by atomic mass is 32.2. The largest absolute Gasteiger partial charge is 0.345 e. The van der Waals surface area contributed by atoms with Crippen LogP contribution >= 0.6 is 0 Å². The predicted molar refractivity (Wildman–Crippen MR) is 156 cm³/mol. The van der Waals surface area contributed by atoms with Crippen molar-refractivity contribution in [1.29, 1.82) is 0 Å². The van der Waals surface area contributed by atoms with E-state index in [0.717, 1.165) is 67.7 Å². The van der Waals surface area contributed by atoms with Gasteiger partial charge in [0.25, 0.3) is 11.8 Å². The second-order valence-corrected chi connectivity index (χ2v) is 13.3. The molecule has 0 bridgehead atoms. The van der Waals surface area contributed by atoms with Gasteiger partial charge >= 0.3 is 0 Å². The third kappa shape index (κ3) is 6.13. The molecule has 2 amide bonds. The summed E-state index contributed by atoms with van der Waals surface area (Å²) in [6, 6.07) is 21.8. The molecule has 8 heteroatoms. The first-order valence-electron chi connectivity index (χ1n) is 13.8. The fraction of sp³-hybridized carbons (Fsp3) is 0.375. The number of nitrogens with one attached hydrogen (secondary N) is 1. The summed E-state index contributed by atoms with van der Waals surface area (Å²) in [5.74, 6) is 0.846. The minimum atomic E-state index is -3.32. The standard InChI is InChI=1S/C32H37N3O4S/c1-22-8-7-9-23(2)30(22)32(37)35-20-26-18-34(19-27(26)21-35)17-16-29(24-10-5-4-6-11-24)33-31(36)25-12-14-28(15-13-25)40(3,38)39/h4-15,26-27,29H,16-21H2,1-3H3,(H,33,36). The van der Waals surface area contributed by atoms with Crippen LogP contribution < -0.4 is 5.32 Å². The molecule has 5 rings (SSSR count). The Bertz CT molecular complexity index is 1450. The van der Waals surface area contributed by atoms with E-state index in [1.54, 1.807) is 12.1 Å². The van der Waals surface area contributed by atoms with Crippen molar-refractivity contribution in [2.24, 2.45) is 11.8 Å². The highest BCUT2D eigenvalue weighted by molar-refractivity contribution is 7.90. The van der Waals surface area contributed by atoms with Crippen LogP contribution in [0.2, 0.25) is 0 Å². The Kier molecular flexibility index (Phi) is 8.10. The van der Waals surface area contributed by atoms with Gasteiger partial charge in [-0.1, -0.05) is 48.5 Å². The van der Waals surface area contributed by atoms with E-state index in [2.05, 4.69) is 10.2 Å². The zero-order valence-electron chi connectivity index (χ0n) is 23.3. The Morgan fingerprint density at radius 1 is 0.850 bits per heavy atom. The lowest BCUT2D eigenvalue weighted by Crippen LogP contribution is -2.35. The summed E-state index contributed by atoms with van der Waals surface area (Å²) in [4.78, 5) is 31.1. The van der Waals surface area contributed by atoms with Crippen LogP contribution in [-0.4, -0.2) is 69.0 Å². The number of carbonyl (C=O) groups is 2. The Morgan fingerprint density at radius 2 is 1.45 bits per heavy atom. The van der Waals surface area contributed by atoms with E-state index in [1.165, 1.54) is 12.1 Å². The summed E-state index contributed by atoms with van der Waals surface area (Å²) >= 11 is 0. The molecular weight excluding hydrogens is 522 g/mol. The average Bonchev–Trinajstić information content (AvgIpc) is 3.50. The zero-order chi connectivity index (χ0) is 28.4. The van der Waals surface area contributed by atoms with Gasteiger partial charge in [-0.25, -0.2) is 8.42 Å². The highest BCUT2D eigenvalue weighted by Gasteiger charge is 2.42. The molecule has 3 unspecified atom stereocenters. The Morgan fingerprint density at radius 3 is 2.02 bits per heavy atom. The van der Waals surface area contributed by atoms with Gasteiger partial charge in [0, 0.05) is 50.1 Å². The smallest absolute Gasteiger partial charge is 0.254 e. The second-order valence-electron chi connectivity index (χ2n) is 11.3. The number of aryl methyl sites for hydroxylation is 2. The molecule has 40 heavy (non-hydrogen) atoms. The maximum Gasteiger partial charge on any atom is 0.254 e. The number of carbonyl (C=O) groups excluding carboxylic acids is 2. The number of likely N-dealkylation sites (tertiary alicyclic amines) is 2. The van der Waals surface area contributed by atoms with Crippen LogP contribution in [0.15, 0.2) is 77.7 Å². The van der Waals surface area contributed by atoms with Crippen molar-refractivity contribution in [3.05, 3.63) is 101 Å². The van der Waals surface area contributed by atoms with Gasteiger partial charge < -0.3 is 15.1 Å². The monoisotopic (exact) mass is 559 g/mol. The number of hydrogen-bond acceptors (Lipinski definition) is 5. The molecule has 7 nitrogen and oxygen atoms in total. The van der Waals surface area contributed by atoms with Crippen LogP contribution in [-0.2, 0) is 9.84 Å². The Balaban J connectivity index is 1.20. The number of amides is 2. The van der Waals surface area contributed by atoms with E-state index < -0.39 is 9.84 Å². The van der Waals surface area contributed by atoms with E-state index >= 15 is 0 Å². The molecule has 0 radical (unpaired) electrons. The topological polar surface area (TPSA) is 86.8 Å². The molecule has 2 fully saturated rings. The van der Waals surface area contributed by atoms with Crippen LogP contribution in [0.4, 0.5) is 0 Å². The number of rotatable bonds is 8. The molecule has 3 aromatic rings. The highest BCUT2D eigenvalue weighted by Crippen LogP contribution is 2.33. The minimum absolute atomic E-state index is 0.146. The van der Waals surface area contributed by atoms with Gasteiger partial charge in [-0.15, -0.1) is 0 Å². The van der Waals surface area contributed by atoms with Crippen molar-refractivity contribution in [2.75, 3.05) is 39.0 Å². The first-order valence-corrected chi connectivity index (χ1v) is 15.7. The number of nitrogens with zero attached hydrogens (tertiary/aromatic N) is 2. The van der Waals surface area contributed by atoms with Crippen molar-refractivity contribution >= 4 is 21.7 Å². The molecule has 210 valence electrons. The third-order valence-corrected chi connectivity index (χ3v) is 9.46. The van der Waals surface area contributed by atoms with Crippen LogP contribution in [0.25, 0.3) is 0 Å². The van der Waals surface area contributed by atoms with Gasteiger partial charge in [0.2, 0.25) is 0 Å². The van der Waals surface area contributed by atoms with E-state index in [-0.39, 0.29) is 22.8 Å². The third-order valence-electron chi connectivity index (χ3n) is 8.33. The summed E-state index contributed by atoms with van der Waals surface area (Å²) in [6.07, 6.45) is 1.90. The number of sulfone groups is 1. The minimum Gasteiger partial charge on any atom is -0.345 e. The van der Waals surface area contributed by atoms with Crippen molar-refractivity contribution in [2.45, 2.75) is 31.2 Å². The summed E-state index contributed by atoms with van der Waals surface area (Å²) < 4.78 is 23.6. The Labute approximate surface area is 237 Å². The quantitative estimate of drug-likeness (QED) is 0.446. The summed E-state index contributed by atoms with van der Waals surface area (Å²) in [5.41, 5.74) is 4.37. The molecule has 3 aromatic carbocycles. The number of hydrogen-bond donors (Lipinski definition) is 1. The van der Waals surface area contributed by atoms with Gasteiger partial charge in [0.05, 0.1) is 10.9 Å². The fourth-order valence-corrected chi connectivity index (χ4v) is 6.79. The fourth-order valence-electron chi connectivity index (χ4n) is 6.16. The van der Waals surface area contributed by atoms with Gasteiger partial charge in [0.15, 0.2) is 9.84 Å². The molecule has 0 saturated carbocycles. The molecule has 0 spiro atoms. The first-order chi connectivity index (χ1) is 19.1. The molecule has 2 aliphatic rings. The molecule has 0 aromatic heterocycles. The molecule has 0 aliphatic carbocycles. The molecule has 2 heterocycles. The van der Waals surface area contributed by atoms with Crippen molar-refractivity contribution in [3.63, 3.8) is 0 Å². The predicted octanol–water partition coefficient (Wildman–Crippen LogP) is 4.27. The van der Waals surface area contributed by atoms with Gasteiger partial charge in [-0.2, -0.15) is 0 Å². The number of benzene rings is 3. The van der Waals surface area contributed by atoms with Crippen molar-refractivity contribution < 1.29 is 18.0 Å². The van der Waals surface area contributed by atoms with Gasteiger partial charge in [-0.3, -0.25) is 9.59 Å². The zero-order valence-corrected chi connectivity index (χ0v) is 24.2. The van der Waals surface area contributed by atoms with Crippen LogP contribution in [0, 0.1) is 25.7 Å². The second kappa shape index (κ2) is 11.6. The molecular formula is C32H37N3O4S. The molecule has 1 N–H and O–H groups in total. The normalized spacial score (nSPS) is 19.8. The summed E-state index contributed by atoms with van der Waals surface area (Å²) in [7, 11) is -3.32. The van der Waals surface area contributed by atoms with Crippen LogP contribution in [0.1, 0.15) is 49.9 Å². The average molecular weight is 560 g/mol. The lowest BCUT2D eigenvalue weighted by molar-refractivity contribution is 0.0772. The van der Waals surface area contributed by atoms with Crippen molar-refractivity contribution in [3.8, 4) is 0 Å².